The number of likely N-dealkylation sites (N-methyl/N-ethyl adjacent to an activating group) is 2. The summed E-state index contributed by atoms with van der Waals surface area (Å²) < 4.78 is 28.9. The van der Waals surface area contributed by atoms with Gasteiger partial charge in [0.1, 0.15) is 13.2 Å². The standard InChI is InChI=1S/C35H53N7O10/c1-27-24-32(44)42(34(27)46)16-19-50-21-20-49-18-15-41-25-31(37-38-41)11-17-48-22-23-51-33(45)6-5-12-36-30-9-7-29(8-10-30)26-52-35(47)40(4)14-13-39(3)28(2)43/h7-10,25,27,36H,5-6,11-24,26H2,1-4H3. The number of hydrogen-bond donors (Lipinski definition) is 1. The first-order valence-corrected chi connectivity index (χ1v) is 17.6. The highest BCUT2D eigenvalue weighted by Crippen LogP contribution is 2.18. The predicted octanol–water partition coefficient (Wildman–Crippen LogP) is 1.75. The van der Waals surface area contributed by atoms with E-state index in [1.54, 1.807) is 25.7 Å². The topological polar surface area (TPSA) is 184 Å². The summed E-state index contributed by atoms with van der Waals surface area (Å²) in [5.41, 5.74) is 2.50. The van der Waals surface area contributed by atoms with Gasteiger partial charge in [-0.1, -0.05) is 24.3 Å². The van der Waals surface area contributed by atoms with Crippen LogP contribution in [0.1, 0.15) is 44.4 Å². The first kappa shape index (κ1) is 41.8. The van der Waals surface area contributed by atoms with E-state index in [2.05, 4.69) is 15.6 Å². The Morgan fingerprint density at radius 3 is 2.25 bits per heavy atom. The summed E-state index contributed by atoms with van der Waals surface area (Å²) >= 11 is 0. The Bertz CT molecular complexity index is 1420. The Hall–Kier alpha value is -4.61. The fraction of sp³-hybridized carbons (Fsp3) is 0.629. The van der Waals surface area contributed by atoms with Crippen molar-refractivity contribution in [1.82, 2.24) is 29.7 Å². The van der Waals surface area contributed by atoms with Gasteiger partial charge in [-0.3, -0.25) is 24.1 Å². The third kappa shape index (κ3) is 15.7. The predicted molar refractivity (Wildman–Crippen MR) is 188 cm³/mol. The van der Waals surface area contributed by atoms with E-state index in [0.29, 0.717) is 65.4 Å². The van der Waals surface area contributed by atoms with Gasteiger partial charge in [0.2, 0.25) is 17.7 Å². The smallest absolute Gasteiger partial charge is 0.409 e. The molecule has 1 aliphatic heterocycles. The van der Waals surface area contributed by atoms with Gasteiger partial charge >= 0.3 is 12.1 Å². The van der Waals surface area contributed by atoms with E-state index in [0.717, 1.165) is 16.9 Å². The molecule has 3 rings (SSSR count). The molecule has 1 N–H and O–H groups in total. The molecule has 0 radical (unpaired) electrons. The number of hydrogen-bond acceptors (Lipinski definition) is 13. The van der Waals surface area contributed by atoms with E-state index in [1.807, 2.05) is 30.5 Å². The highest BCUT2D eigenvalue weighted by molar-refractivity contribution is 6.03. The second-order valence-corrected chi connectivity index (χ2v) is 12.4. The van der Waals surface area contributed by atoms with Crippen molar-refractivity contribution in [3.8, 4) is 0 Å². The van der Waals surface area contributed by atoms with Gasteiger partial charge in [-0.25, -0.2) is 9.48 Å². The molecule has 1 unspecified atom stereocenters. The van der Waals surface area contributed by atoms with Crippen LogP contribution in [0.4, 0.5) is 10.5 Å². The lowest BCUT2D eigenvalue weighted by Crippen LogP contribution is -2.36. The summed E-state index contributed by atoms with van der Waals surface area (Å²) in [6, 6.07) is 7.49. The summed E-state index contributed by atoms with van der Waals surface area (Å²) in [7, 11) is 3.31. The Morgan fingerprint density at radius 1 is 0.885 bits per heavy atom. The van der Waals surface area contributed by atoms with Crippen molar-refractivity contribution in [2.24, 2.45) is 5.92 Å². The fourth-order valence-corrected chi connectivity index (χ4v) is 4.84. The largest absolute Gasteiger partial charge is 0.463 e. The molecule has 1 saturated heterocycles. The first-order chi connectivity index (χ1) is 25.0. The SMILES string of the molecule is CC(=O)N(C)CCN(C)C(=O)OCc1ccc(NCCCC(=O)OCCOCCc2cn(CCOCCOCCN3C(=O)CC(C)C3=O)nn2)cc1. The van der Waals surface area contributed by atoms with Crippen LogP contribution in [0, 0.1) is 5.92 Å². The minimum atomic E-state index is -0.459. The van der Waals surface area contributed by atoms with Crippen molar-refractivity contribution in [2.75, 3.05) is 91.8 Å². The lowest BCUT2D eigenvalue weighted by atomic mass is 10.1. The number of nitrogens with one attached hydrogen (secondary N) is 1. The van der Waals surface area contributed by atoms with E-state index in [9.17, 15) is 24.0 Å². The van der Waals surface area contributed by atoms with E-state index in [4.69, 9.17) is 23.7 Å². The Labute approximate surface area is 304 Å². The molecule has 2 aromatic rings. The molecule has 1 fully saturated rings. The Kier molecular flexibility index (Phi) is 18.5. The van der Waals surface area contributed by atoms with Gasteiger partial charge in [0, 0.05) is 77.7 Å². The summed E-state index contributed by atoms with van der Waals surface area (Å²) in [6.45, 7) is 7.90. The molecule has 17 nitrogen and oxygen atoms in total. The van der Waals surface area contributed by atoms with Gasteiger partial charge in [0.05, 0.1) is 58.4 Å². The maximum Gasteiger partial charge on any atom is 0.409 e. The second kappa shape index (κ2) is 23.1. The van der Waals surface area contributed by atoms with Crippen molar-refractivity contribution in [2.45, 2.75) is 52.7 Å². The molecule has 0 saturated carbocycles. The van der Waals surface area contributed by atoms with Gasteiger partial charge in [-0.05, 0) is 24.1 Å². The molecule has 288 valence electrons. The van der Waals surface area contributed by atoms with Crippen LogP contribution in [-0.4, -0.2) is 146 Å². The third-order valence-corrected chi connectivity index (χ3v) is 8.17. The molecular formula is C35H53N7O10. The number of esters is 1. The molecule has 2 heterocycles. The van der Waals surface area contributed by atoms with E-state index < -0.39 is 6.09 Å². The quantitative estimate of drug-likeness (QED) is 0.0886. The number of ether oxygens (including phenoxy) is 5. The summed E-state index contributed by atoms with van der Waals surface area (Å²) in [4.78, 5) is 63.4. The van der Waals surface area contributed by atoms with Crippen molar-refractivity contribution in [1.29, 1.82) is 0 Å². The zero-order chi connectivity index (χ0) is 37.7. The number of likely N-dealkylation sites (tertiary alicyclic amines) is 1. The van der Waals surface area contributed by atoms with Crippen LogP contribution < -0.4 is 5.32 Å². The van der Waals surface area contributed by atoms with Gasteiger partial charge in [-0.15, -0.1) is 5.10 Å². The lowest BCUT2D eigenvalue weighted by Gasteiger charge is -2.21. The number of aromatic nitrogens is 3. The molecule has 0 spiro atoms. The van der Waals surface area contributed by atoms with E-state index in [-0.39, 0.29) is 75.4 Å². The number of rotatable bonds is 25. The van der Waals surface area contributed by atoms with Crippen molar-refractivity contribution in [3.05, 3.63) is 41.7 Å². The van der Waals surface area contributed by atoms with Crippen LogP contribution >= 0.6 is 0 Å². The zero-order valence-corrected chi connectivity index (χ0v) is 30.8. The monoisotopic (exact) mass is 731 g/mol. The van der Waals surface area contributed by atoms with Crippen LogP contribution in [0.3, 0.4) is 0 Å². The van der Waals surface area contributed by atoms with Crippen LogP contribution in [0.2, 0.25) is 0 Å². The van der Waals surface area contributed by atoms with E-state index in [1.165, 1.54) is 21.6 Å². The lowest BCUT2D eigenvalue weighted by molar-refractivity contribution is -0.145. The highest BCUT2D eigenvalue weighted by atomic mass is 16.6. The molecule has 1 aromatic heterocycles. The summed E-state index contributed by atoms with van der Waals surface area (Å²) in [5, 5.41) is 11.5. The van der Waals surface area contributed by atoms with E-state index >= 15 is 0 Å². The molecule has 0 aliphatic carbocycles. The molecule has 1 atom stereocenters. The third-order valence-electron chi connectivity index (χ3n) is 8.17. The van der Waals surface area contributed by atoms with Gasteiger partial charge in [0.15, 0.2) is 0 Å². The molecule has 4 amide bonds. The zero-order valence-electron chi connectivity index (χ0n) is 30.8. The number of carbonyl (C=O) groups excluding carboxylic acids is 5. The van der Waals surface area contributed by atoms with Crippen molar-refractivity contribution >= 4 is 35.5 Å². The Morgan fingerprint density at radius 2 is 1.56 bits per heavy atom. The van der Waals surface area contributed by atoms with Crippen LogP contribution in [0.5, 0.6) is 0 Å². The first-order valence-electron chi connectivity index (χ1n) is 17.6. The van der Waals surface area contributed by atoms with Crippen molar-refractivity contribution in [3.63, 3.8) is 0 Å². The van der Waals surface area contributed by atoms with Crippen LogP contribution in [0.15, 0.2) is 30.5 Å². The molecule has 1 aliphatic rings. The molecule has 0 bridgehead atoms. The normalized spacial score (nSPS) is 14.1. The number of nitrogens with zero attached hydrogens (tertiary/aromatic N) is 6. The minimum absolute atomic E-state index is 0.0632. The maximum absolute atomic E-state index is 12.2. The average Bonchev–Trinajstić information content (AvgIpc) is 3.68. The molecule has 1 aromatic carbocycles. The number of imide groups is 1. The average molecular weight is 732 g/mol. The van der Waals surface area contributed by atoms with Crippen LogP contribution in [-0.2, 0) is 62.4 Å². The Balaban J connectivity index is 1.12. The minimum Gasteiger partial charge on any atom is -0.463 e. The van der Waals surface area contributed by atoms with Gasteiger partial charge < -0.3 is 38.8 Å². The second-order valence-electron chi connectivity index (χ2n) is 12.4. The molecular weight excluding hydrogens is 678 g/mol. The highest BCUT2D eigenvalue weighted by Gasteiger charge is 2.34. The number of benzene rings is 1. The summed E-state index contributed by atoms with van der Waals surface area (Å²) in [6.07, 6.45) is 3.09. The van der Waals surface area contributed by atoms with Gasteiger partial charge in [0.25, 0.3) is 0 Å². The van der Waals surface area contributed by atoms with Crippen LogP contribution in [0.25, 0.3) is 0 Å². The fourth-order valence-electron chi connectivity index (χ4n) is 4.84. The summed E-state index contributed by atoms with van der Waals surface area (Å²) in [5.74, 6) is -0.881. The molecule has 52 heavy (non-hydrogen) atoms. The number of amides is 4. The number of anilines is 1. The van der Waals surface area contributed by atoms with Crippen molar-refractivity contribution < 1.29 is 47.7 Å². The maximum atomic E-state index is 12.2. The van der Waals surface area contributed by atoms with Gasteiger partial charge in [-0.2, -0.15) is 0 Å². The number of carbonyl (C=O) groups is 5. The molecule has 17 heteroatoms.